The predicted octanol–water partition coefficient (Wildman–Crippen LogP) is 4.21. The van der Waals surface area contributed by atoms with Crippen molar-refractivity contribution in [2.75, 3.05) is 0 Å². The Morgan fingerprint density at radius 3 is 2.72 bits per heavy atom. The Balaban J connectivity index is 1.85. The third-order valence-electron chi connectivity index (χ3n) is 4.45. The SMILES string of the molecule is CC(=O)c1cc(C)ccc1Pc1cc(CC2C=CC=CC2)ccc1O. The van der Waals surface area contributed by atoms with Gasteiger partial charge in [-0.15, -0.1) is 0 Å². The summed E-state index contributed by atoms with van der Waals surface area (Å²) in [6, 6.07) is 11.8. The molecule has 2 aromatic carbocycles. The summed E-state index contributed by atoms with van der Waals surface area (Å²) >= 11 is 0. The molecule has 1 N–H and O–H groups in total. The van der Waals surface area contributed by atoms with E-state index in [0.29, 0.717) is 11.7 Å². The molecule has 25 heavy (non-hydrogen) atoms. The van der Waals surface area contributed by atoms with Crippen LogP contribution < -0.4 is 10.6 Å². The van der Waals surface area contributed by atoms with Gasteiger partial charge >= 0.3 is 0 Å². The molecule has 2 unspecified atom stereocenters. The summed E-state index contributed by atoms with van der Waals surface area (Å²) in [7, 11) is 0.269. The number of phenolic OH excluding ortho intramolecular Hbond substituents is 1. The maximum absolute atomic E-state index is 12.0. The molecule has 0 aromatic heterocycles. The molecule has 128 valence electrons. The van der Waals surface area contributed by atoms with Crippen LogP contribution in [0.1, 0.15) is 34.8 Å². The summed E-state index contributed by atoms with van der Waals surface area (Å²) in [4.78, 5) is 12.0. The number of rotatable bonds is 5. The second-order valence-corrected chi connectivity index (χ2v) is 7.92. The van der Waals surface area contributed by atoms with Gasteiger partial charge in [-0.2, -0.15) is 0 Å². The van der Waals surface area contributed by atoms with Crippen molar-refractivity contribution in [3.05, 3.63) is 77.4 Å². The lowest BCUT2D eigenvalue weighted by Crippen LogP contribution is -2.14. The fourth-order valence-corrected chi connectivity index (χ4v) is 4.41. The minimum absolute atomic E-state index is 0.0703. The van der Waals surface area contributed by atoms with Crippen LogP contribution in [0.2, 0.25) is 0 Å². The van der Waals surface area contributed by atoms with Gasteiger partial charge in [0.2, 0.25) is 0 Å². The molecule has 1 aliphatic rings. The van der Waals surface area contributed by atoms with Crippen molar-refractivity contribution in [1.29, 1.82) is 0 Å². The van der Waals surface area contributed by atoms with Gasteiger partial charge in [0.15, 0.2) is 5.78 Å². The number of hydrogen-bond donors (Lipinski definition) is 1. The average molecular weight is 350 g/mol. The van der Waals surface area contributed by atoms with Crippen LogP contribution in [0.15, 0.2) is 60.7 Å². The maximum atomic E-state index is 12.0. The third kappa shape index (κ3) is 4.46. The van der Waals surface area contributed by atoms with E-state index in [2.05, 4.69) is 30.4 Å². The monoisotopic (exact) mass is 350 g/mol. The third-order valence-corrected chi connectivity index (χ3v) is 5.83. The van der Waals surface area contributed by atoms with Gasteiger partial charge in [0.25, 0.3) is 0 Å². The van der Waals surface area contributed by atoms with Gasteiger partial charge in [-0.25, -0.2) is 0 Å². The van der Waals surface area contributed by atoms with Crippen molar-refractivity contribution in [2.24, 2.45) is 5.92 Å². The molecule has 0 amide bonds. The Morgan fingerprint density at radius 2 is 2.00 bits per heavy atom. The summed E-state index contributed by atoms with van der Waals surface area (Å²) in [6.07, 6.45) is 10.6. The molecule has 0 radical (unpaired) electrons. The molecule has 0 heterocycles. The Morgan fingerprint density at radius 1 is 1.16 bits per heavy atom. The lowest BCUT2D eigenvalue weighted by atomic mass is 9.93. The summed E-state index contributed by atoms with van der Waals surface area (Å²) in [5.74, 6) is 0.884. The molecule has 1 aliphatic carbocycles. The average Bonchev–Trinajstić information content (AvgIpc) is 2.60. The van der Waals surface area contributed by atoms with Gasteiger partial charge in [-0.3, -0.25) is 4.79 Å². The highest BCUT2D eigenvalue weighted by atomic mass is 31.1. The quantitative estimate of drug-likeness (QED) is 0.648. The molecule has 0 saturated heterocycles. The van der Waals surface area contributed by atoms with Crippen molar-refractivity contribution in [3.8, 4) is 5.75 Å². The molecule has 2 nitrogen and oxygen atoms in total. The van der Waals surface area contributed by atoms with E-state index >= 15 is 0 Å². The number of hydrogen-bond acceptors (Lipinski definition) is 2. The molecule has 2 atom stereocenters. The minimum Gasteiger partial charge on any atom is -0.507 e. The second-order valence-electron chi connectivity index (χ2n) is 6.59. The highest BCUT2D eigenvalue weighted by Gasteiger charge is 2.13. The Kier molecular flexibility index (Phi) is 5.50. The first kappa shape index (κ1) is 17.6. The summed E-state index contributed by atoms with van der Waals surface area (Å²) in [5.41, 5.74) is 3.05. The molecule has 3 rings (SSSR count). The van der Waals surface area contributed by atoms with Crippen molar-refractivity contribution >= 4 is 25.0 Å². The van der Waals surface area contributed by atoms with Gasteiger partial charge in [-0.1, -0.05) is 56.6 Å². The van der Waals surface area contributed by atoms with Crippen molar-refractivity contribution in [3.63, 3.8) is 0 Å². The van der Waals surface area contributed by atoms with Crippen LogP contribution in [0.5, 0.6) is 5.75 Å². The number of aryl methyl sites for hydroxylation is 1. The van der Waals surface area contributed by atoms with Gasteiger partial charge < -0.3 is 5.11 Å². The fourth-order valence-electron chi connectivity index (χ4n) is 3.10. The van der Waals surface area contributed by atoms with Crippen molar-refractivity contribution in [1.82, 2.24) is 0 Å². The Bertz CT molecular complexity index is 849. The zero-order valence-electron chi connectivity index (χ0n) is 14.6. The summed E-state index contributed by atoms with van der Waals surface area (Å²) in [5, 5.41) is 12.2. The highest BCUT2D eigenvalue weighted by molar-refractivity contribution is 7.56. The van der Waals surface area contributed by atoms with Crippen LogP contribution >= 0.6 is 8.58 Å². The second kappa shape index (κ2) is 7.80. The van der Waals surface area contributed by atoms with Gasteiger partial charge in [0.1, 0.15) is 5.75 Å². The van der Waals surface area contributed by atoms with E-state index in [0.717, 1.165) is 34.6 Å². The normalized spacial score (nSPS) is 16.6. The van der Waals surface area contributed by atoms with E-state index in [1.165, 1.54) is 5.56 Å². The fraction of sp³-hybridized carbons (Fsp3) is 0.227. The van der Waals surface area contributed by atoms with Crippen LogP contribution in [0, 0.1) is 12.8 Å². The van der Waals surface area contributed by atoms with Crippen LogP contribution in [-0.4, -0.2) is 10.9 Å². The first-order chi connectivity index (χ1) is 12.0. The molecule has 0 bridgehead atoms. The van der Waals surface area contributed by atoms with Crippen LogP contribution in [0.4, 0.5) is 0 Å². The molecular formula is C22H23O2P. The van der Waals surface area contributed by atoms with Crippen LogP contribution in [-0.2, 0) is 6.42 Å². The number of allylic oxidation sites excluding steroid dienone is 4. The summed E-state index contributed by atoms with van der Waals surface area (Å²) in [6.45, 7) is 3.59. The number of carbonyl (C=O) groups is 1. The van der Waals surface area contributed by atoms with E-state index in [1.54, 1.807) is 13.0 Å². The Hall–Kier alpha value is -2.18. The lowest BCUT2D eigenvalue weighted by Gasteiger charge is -2.15. The molecular weight excluding hydrogens is 327 g/mol. The zero-order valence-corrected chi connectivity index (χ0v) is 15.6. The van der Waals surface area contributed by atoms with Crippen molar-refractivity contribution in [2.45, 2.75) is 26.7 Å². The van der Waals surface area contributed by atoms with Gasteiger partial charge in [0.05, 0.1) is 0 Å². The van der Waals surface area contributed by atoms with E-state index in [-0.39, 0.29) is 14.4 Å². The maximum Gasteiger partial charge on any atom is 0.160 e. The largest absolute Gasteiger partial charge is 0.507 e. The van der Waals surface area contributed by atoms with Crippen LogP contribution in [0.3, 0.4) is 0 Å². The minimum atomic E-state index is 0.0703. The molecule has 0 fully saturated rings. The van der Waals surface area contributed by atoms with E-state index in [1.807, 2.05) is 31.2 Å². The first-order valence-electron chi connectivity index (χ1n) is 8.57. The molecule has 0 spiro atoms. The predicted molar refractivity (Wildman–Crippen MR) is 107 cm³/mol. The molecule has 0 saturated carbocycles. The van der Waals surface area contributed by atoms with Gasteiger partial charge in [0, 0.05) is 10.9 Å². The number of ketones is 1. The molecule has 0 aliphatic heterocycles. The lowest BCUT2D eigenvalue weighted by molar-refractivity contribution is 0.101. The Labute approximate surface area is 151 Å². The van der Waals surface area contributed by atoms with Crippen LogP contribution in [0.25, 0.3) is 0 Å². The van der Waals surface area contributed by atoms with Gasteiger partial charge in [-0.05, 0) is 61.7 Å². The standard InChI is InChI=1S/C22H23O2P/c1-15-8-11-21(19(12-15)16(2)23)25-22-14-18(9-10-20(22)24)13-17-6-4-3-5-7-17/h3-6,8-12,14,17,24-25H,7,13H2,1-2H3. The highest BCUT2D eigenvalue weighted by Crippen LogP contribution is 2.24. The number of Topliss-reactive ketones (excluding diaryl/α,β-unsaturated/α-hetero) is 1. The molecule has 2 aromatic rings. The number of benzene rings is 2. The van der Waals surface area contributed by atoms with E-state index < -0.39 is 0 Å². The molecule has 3 heteroatoms. The van der Waals surface area contributed by atoms with E-state index in [9.17, 15) is 9.90 Å². The number of phenols is 1. The first-order valence-corrected chi connectivity index (χ1v) is 9.57. The number of aromatic hydroxyl groups is 1. The van der Waals surface area contributed by atoms with E-state index in [4.69, 9.17) is 0 Å². The zero-order chi connectivity index (χ0) is 17.8. The van der Waals surface area contributed by atoms with Crippen molar-refractivity contribution < 1.29 is 9.90 Å². The topological polar surface area (TPSA) is 37.3 Å². The summed E-state index contributed by atoms with van der Waals surface area (Å²) < 4.78 is 0. The smallest absolute Gasteiger partial charge is 0.160 e. The number of carbonyl (C=O) groups excluding carboxylic acids is 1.